The van der Waals surface area contributed by atoms with Gasteiger partial charge in [0.15, 0.2) is 0 Å². The molecule has 0 aromatic heterocycles. The zero-order chi connectivity index (χ0) is 15.8. The molecule has 21 heavy (non-hydrogen) atoms. The van der Waals surface area contributed by atoms with E-state index in [1.54, 1.807) is 0 Å². The maximum atomic E-state index is 12.1. The lowest BCUT2D eigenvalue weighted by atomic mass is 9.98. The van der Waals surface area contributed by atoms with Gasteiger partial charge in [0.25, 0.3) is 0 Å². The Labute approximate surface area is 129 Å². The molecule has 0 aromatic rings. The fourth-order valence-electron chi connectivity index (χ4n) is 2.70. The van der Waals surface area contributed by atoms with Crippen molar-refractivity contribution in [2.45, 2.75) is 52.6 Å². The van der Waals surface area contributed by atoms with Crippen molar-refractivity contribution in [3.63, 3.8) is 0 Å². The summed E-state index contributed by atoms with van der Waals surface area (Å²) in [7, 11) is 0. The lowest BCUT2D eigenvalue weighted by Crippen LogP contribution is -2.52. The van der Waals surface area contributed by atoms with Gasteiger partial charge < -0.3 is 15.8 Å². The SMILES string of the molecule is CCC(C)[C@H](N)C(=O)NCC(CC(C)C)N1CCOCC1. The molecule has 0 radical (unpaired) electrons. The molecule has 0 aliphatic carbocycles. The van der Waals surface area contributed by atoms with E-state index in [1.807, 2.05) is 6.92 Å². The van der Waals surface area contributed by atoms with Crippen LogP contribution in [0, 0.1) is 11.8 Å². The van der Waals surface area contributed by atoms with Gasteiger partial charge in [-0.3, -0.25) is 9.69 Å². The number of nitrogens with zero attached hydrogens (tertiary/aromatic N) is 1. The first-order chi connectivity index (χ1) is 9.95. The van der Waals surface area contributed by atoms with Crippen molar-refractivity contribution in [1.82, 2.24) is 10.2 Å². The molecule has 1 fully saturated rings. The number of hydrogen-bond acceptors (Lipinski definition) is 4. The number of nitrogens with two attached hydrogens (primary N) is 1. The second-order valence-corrected chi connectivity index (χ2v) is 6.59. The van der Waals surface area contributed by atoms with Gasteiger partial charge in [-0.15, -0.1) is 0 Å². The van der Waals surface area contributed by atoms with Crippen LogP contribution in [-0.4, -0.2) is 55.7 Å². The van der Waals surface area contributed by atoms with Crippen LogP contribution < -0.4 is 11.1 Å². The van der Waals surface area contributed by atoms with Crippen LogP contribution in [0.1, 0.15) is 40.5 Å². The quantitative estimate of drug-likeness (QED) is 0.707. The number of nitrogens with one attached hydrogen (secondary N) is 1. The van der Waals surface area contributed by atoms with Gasteiger partial charge >= 0.3 is 0 Å². The Hall–Kier alpha value is -0.650. The second kappa shape index (κ2) is 9.38. The third kappa shape index (κ3) is 6.32. The number of ether oxygens (including phenoxy) is 1. The Morgan fingerprint density at radius 3 is 2.43 bits per heavy atom. The summed E-state index contributed by atoms with van der Waals surface area (Å²) in [5.74, 6) is 0.807. The van der Waals surface area contributed by atoms with E-state index in [0.717, 1.165) is 39.1 Å². The Balaban J connectivity index is 2.50. The van der Waals surface area contributed by atoms with Crippen LogP contribution in [0.4, 0.5) is 0 Å². The Morgan fingerprint density at radius 2 is 1.90 bits per heavy atom. The number of amides is 1. The molecule has 3 atom stereocenters. The molecule has 1 rings (SSSR count). The van der Waals surface area contributed by atoms with E-state index in [-0.39, 0.29) is 11.8 Å². The van der Waals surface area contributed by atoms with Crippen molar-refractivity contribution < 1.29 is 9.53 Å². The molecule has 3 N–H and O–H groups in total. The predicted molar refractivity (Wildman–Crippen MR) is 86.1 cm³/mol. The number of carbonyl (C=O) groups is 1. The average Bonchev–Trinajstić information content (AvgIpc) is 2.50. The topological polar surface area (TPSA) is 67.6 Å². The van der Waals surface area contributed by atoms with Gasteiger partial charge in [0.1, 0.15) is 0 Å². The highest BCUT2D eigenvalue weighted by molar-refractivity contribution is 5.81. The van der Waals surface area contributed by atoms with E-state index in [9.17, 15) is 4.79 Å². The molecule has 1 aliphatic rings. The van der Waals surface area contributed by atoms with E-state index < -0.39 is 6.04 Å². The van der Waals surface area contributed by atoms with Crippen molar-refractivity contribution in [1.29, 1.82) is 0 Å². The fourth-order valence-corrected chi connectivity index (χ4v) is 2.70. The molecule has 0 spiro atoms. The molecule has 0 saturated carbocycles. The fraction of sp³-hybridized carbons (Fsp3) is 0.938. The van der Waals surface area contributed by atoms with Gasteiger partial charge in [-0.1, -0.05) is 34.1 Å². The summed E-state index contributed by atoms with van der Waals surface area (Å²) in [6.07, 6.45) is 2.01. The second-order valence-electron chi connectivity index (χ2n) is 6.59. The minimum atomic E-state index is -0.403. The van der Waals surface area contributed by atoms with Gasteiger partial charge in [-0.05, 0) is 18.3 Å². The molecule has 2 unspecified atom stereocenters. The van der Waals surface area contributed by atoms with E-state index in [2.05, 4.69) is 31.0 Å². The molecule has 1 saturated heterocycles. The van der Waals surface area contributed by atoms with Crippen LogP contribution >= 0.6 is 0 Å². The van der Waals surface area contributed by atoms with E-state index >= 15 is 0 Å². The van der Waals surface area contributed by atoms with Gasteiger partial charge in [-0.2, -0.15) is 0 Å². The summed E-state index contributed by atoms with van der Waals surface area (Å²) in [6.45, 7) is 12.7. The highest BCUT2D eigenvalue weighted by Crippen LogP contribution is 2.13. The highest BCUT2D eigenvalue weighted by Gasteiger charge is 2.24. The van der Waals surface area contributed by atoms with E-state index in [4.69, 9.17) is 10.5 Å². The lowest BCUT2D eigenvalue weighted by Gasteiger charge is -2.35. The van der Waals surface area contributed by atoms with Crippen LogP contribution in [0.15, 0.2) is 0 Å². The van der Waals surface area contributed by atoms with Crippen LogP contribution in [0.5, 0.6) is 0 Å². The van der Waals surface area contributed by atoms with Gasteiger partial charge in [0.2, 0.25) is 5.91 Å². The summed E-state index contributed by atoms with van der Waals surface area (Å²) in [5, 5.41) is 3.05. The molecule has 124 valence electrons. The minimum Gasteiger partial charge on any atom is -0.379 e. The third-order valence-corrected chi connectivity index (χ3v) is 4.38. The molecular weight excluding hydrogens is 266 g/mol. The van der Waals surface area contributed by atoms with Crippen LogP contribution in [0.25, 0.3) is 0 Å². The number of rotatable bonds is 8. The van der Waals surface area contributed by atoms with Crippen LogP contribution in [0.3, 0.4) is 0 Å². The zero-order valence-corrected chi connectivity index (χ0v) is 14.1. The largest absolute Gasteiger partial charge is 0.379 e. The lowest BCUT2D eigenvalue weighted by molar-refractivity contribution is -0.123. The van der Waals surface area contributed by atoms with Crippen LogP contribution in [0.2, 0.25) is 0 Å². The average molecular weight is 299 g/mol. The summed E-state index contributed by atoms with van der Waals surface area (Å²) < 4.78 is 5.42. The maximum Gasteiger partial charge on any atom is 0.237 e. The number of hydrogen-bond donors (Lipinski definition) is 2. The molecule has 0 aromatic carbocycles. The first-order valence-electron chi connectivity index (χ1n) is 8.30. The third-order valence-electron chi connectivity index (χ3n) is 4.38. The highest BCUT2D eigenvalue weighted by atomic mass is 16.5. The summed E-state index contributed by atoms with van der Waals surface area (Å²) in [4.78, 5) is 14.6. The Morgan fingerprint density at radius 1 is 1.29 bits per heavy atom. The van der Waals surface area contributed by atoms with Gasteiger partial charge in [0, 0.05) is 25.7 Å². The molecular formula is C16H33N3O2. The monoisotopic (exact) mass is 299 g/mol. The summed E-state index contributed by atoms with van der Waals surface area (Å²) in [6, 6.07) is -0.0265. The van der Waals surface area contributed by atoms with Gasteiger partial charge in [0.05, 0.1) is 19.3 Å². The van der Waals surface area contributed by atoms with Crippen molar-refractivity contribution in [3.8, 4) is 0 Å². The van der Waals surface area contributed by atoms with Crippen molar-refractivity contribution >= 4 is 5.91 Å². The van der Waals surface area contributed by atoms with Crippen LogP contribution in [-0.2, 0) is 9.53 Å². The van der Waals surface area contributed by atoms with E-state index in [1.165, 1.54) is 0 Å². The Kier molecular flexibility index (Phi) is 8.22. The maximum absolute atomic E-state index is 12.1. The molecule has 1 aliphatic heterocycles. The number of morpholine rings is 1. The summed E-state index contributed by atoms with van der Waals surface area (Å²) >= 11 is 0. The molecule has 5 nitrogen and oxygen atoms in total. The predicted octanol–water partition coefficient (Wildman–Crippen LogP) is 1.22. The minimum absolute atomic E-state index is 0.0219. The molecule has 1 heterocycles. The van der Waals surface area contributed by atoms with Crippen molar-refractivity contribution in [3.05, 3.63) is 0 Å². The van der Waals surface area contributed by atoms with Crippen molar-refractivity contribution in [2.75, 3.05) is 32.8 Å². The zero-order valence-electron chi connectivity index (χ0n) is 14.1. The van der Waals surface area contributed by atoms with Crippen molar-refractivity contribution in [2.24, 2.45) is 17.6 Å². The molecule has 0 bridgehead atoms. The molecule has 5 heteroatoms. The standard InChI is InChI=1S/C16H33N3O2/c1-5-13(4)15(17)16(20)18-11-14(10-12(2)3)19-6-8-21-9-7-19/h12-15H,5-11,17H2,1-4H3,(H,18,20)/t13?,14?,15-/m0/s1. The van der Waals surface area contributed by atoms with E-state index in [0.29, 0.717) is 18.5 Å². The first kappa shape index (κ1) is 18.4. The number of carbonyl (C=O) groups excluding carboxylic acids is 1. The first-order valence-corrected chi connectivity index (χ1v) is 8.30. The molecule has 1 amide bonds. The van der Waals surface area contributed by atoms with Gasteiger partial charge in [-0.25, -0.2) is 0 Å². The smallest absolute Gasteiger partial charge is 0.237 e. The Bertz CT molecular complexity index is 304. The summed E-state index contributed by atoms with van der Waals surface area (Å²) in [5.41, 5.74) is 5.99. The normalized spacial score (nSPS) is 21.0.